The summed E-state index contributed by atoms with van der Waals surface area (Å²) in [5.41, 5.74) is 4.57. The van der Waals surface area contributed by atoms with Gasteiger partial charge < -0.3 is 10.4 Å². The third-order valence-electron chi connectivity index (χ3n) is 4.84. The highest BCUT2D eigenvalue weighted by atomic mass is 16.3. The lowest BCUT2D eigenvalue weighted by Gasteiger charge is -2.21. The average molecular weight is 343 g/mol. The van der Waals surface area contributed by atoms with Crippen molar-refractivity contribution in [3.05, 3.63) is 88.0 Å². The van der Waals surface area contributed by atoms with Crippen molar-refractivity contribution in [2.24, 2.45) is 0 Å². The molecule has 3 aromatic carbocycles. The summed E-state index contributed by atoms with van der Waals surface area (Å²) >= 11 is 0. The van der Waals surface area contributed by atoms with Crippen molar-refractivity contribution >= 4 is 22.9 Å². The van der Waals surface area contributed by atoms with Crippen LogP contribution in [0.3, 0.4) is 0 Å². The van der Waals surface area contributed by atoms with Crippen molar-refractivity contribution in [2.75, 3.05) is 5.32 Å². The molecule has 26 heavy (non-hydrogen) atoms. The smallest absolute Gasteiger partial charge is 0.198 e. The van der Waals surface area contributed by atoms with Crippen LogP contribution < -0.4 is 5.32 Å². The Balaban J connectivity index is 1.88. The monoisotopic (exact) mass is 343 g/mol. The van der Waals surface area contributed by atoms with Gasteiger partial charge in [-0.1, -0.05) is 30.3 Å². The van der Waals surface area contributed by atoms with Gasteiger partial charge in [0.25, 0.3) is 0 Å². The number of ketones is 2. The molecular formula is C22H17NO3. The Kier molecular flexibility index (Phi) is 3.62. The lowest BCUT2D eigenvalue weighted by Crippen LogP contribution is -2.22. The molecular weight excluding hydrogens is 326 g/mol. The van der Waals surface area contributed by atoms with Gasteiger partial charge in [0.2, 0.25) is 0 Å². The van der Waals surface area contributed by atoms with Crippen molar-refractivity contribution in [2.45, 2.75) is 13.8 Å². The van der Waals surface area contributed by atoms with Gasteiger partial charge in [-0.15, -0.1) is 0 Å². The molecule has 4 rings (SSSR count). The van der Waals surface area contributed by atoms with E-state index in [1.807, 2.05) is 32.0 Å². The van der Waals surface area contributed by atoms with Crippen molar-refractivity contribution in [3.8, 4) is 5.75 Å². The summed E-state index contributed by atoms with van der Waals surface area (Å²) in [5, 5.41) is 13.5. The zero-order valence-corrected chi connectivity index (χ0v) is 14.5. The fourth-order valence-electron chi connectivity index (χ4n) is 3.28. The molecule has 0 unspecified atom stereocenters. The molecule has 2 N–H and O–H groups in total. The fourth-order valence-corrected chi connectivity index (χ4v) is 3.28. The van der Waals surface area contributed by atoms with Gasteiger partial charge >= 0.3 is 0 Å². The number of carbonyl (C=O) groups is 2. The van der Waals surface area contributed by atoms with Gasteiger partial charge in [0.1, 0.15) is 5.75 Å². The van der Waals surface area contributed by atoms with Gasteiger partial charge in [0, 0.05) is 16.8 Å². The van der Waals surface area contributed by atoms with Gasteiger partial charge in [-0.25, -0.2) is 0 Å². The van der Waals surface area contributed by atoms with Crippen LogP contribution in [0.2, 0.25) is 0 Å². The van der Waals surface area contributed by atoms with E-state index in [1.54, 1.807) is 30.3 Å². The highest BCUT2D eigenvalue weighted by Gasteiger charge is 2.33. The maximum absolute atomic E-state index is 13.0. The standard InChI is InChI=1S/C22H17NO3/c1-12-7-8-14(11-13(12)2)23-17-9-10-18(24)20-19(17)21(25)15-5-3-4-6-16(15)22(20)26/h3-11,23-24H,1-2H3. The van der Waals surface area contributed by atoms with Gasteiger partial charge in [-0.05, 0) is 49.2 Å². The minimum absolute atomic E-state index is 0.0579. The number of hydrogen-bond acceptors (Lipinski definition) is 4. The minimum atomic E-state index is -0.337. The second-order valence-corrected chi connectivity index (χ2v) is 6.51. The molecule has 1 aliphatic rings. The van der Waals surface area contributed by atoms with Crippen LogP contribution >= 0.6 is 0 Å². The van der Waals surface area contributed by atoms with E-state index in [4.69, 9.17) is 0 Å². The number of aryl methyl sites for hydroxylation is 2. The van der Waals surface area contributed by atoms with Gasteiger partial charge in [-0.2, -0.15) is 0 Å². The molecule has 4 nitrogen and oxygen atoms in total. The molecule has 0 aliphatic heterocycles. The number of fused-ring (bicyclic) bond motifs is 2. The summed E-state index contributed by atoms with van der Waals surface area (Å²) < 4.78 is 0. The number of aromatic hydroxyl groups is 1. The summed E-state index contributed by atoms with van der Waals surface area (Å²) in [7, 11) is 0. The lowest BCUT2D eigenvalue weighted by molar-refractivity contribution is 0.0977. The summed E-state index contributed by atoms with van der Waals surface area (Å²) in [6.45, 7) is 4.04. The Hall–Kier alpha value is -3.40. The first-order valence-electron chi connectivity index (χ1n) is 8.36. The first-order chi connectivity index (χ1) is 12.5. The molecule has 0 aromatic heterocycles. The number of phenolic OH excluding ortho intramolecular Hbond substituents is 1. The van der Waals surface area contributed by atoms with E-state index < -0.39 is 0 Å². The average Bonchev–Trinajstić information content (AvgIpc) is 2.64. The van der Waals surface area contributed by atoms with Gasteiger partial charge in [0.15, 0.2) is 11.6 Å². The van der Waals surface area contributed by atoms with Crippen molar-refractivity contribution in [1.29, 1.82) is 0 Å². The molecule has 4 heteroatoms. The van der Waals surface area contributed by atoms with E-state index in [-0.39, 0.29) is 28.4 Å². The quantitative estimate of drug-likeness (QED) is 0.525. The first kappa shape index (κ1) is 16.1. The summed E-state index contributed by atoms with van der Waals surface area (Å²) in [5.74, 6) is -0.785. The van der Waals surface area contributed by atoms with Crippen LogP contribution in [-0.4, -0.2) is 16.7 Å². The Morgan fingerprint density at radius 1 is 0.769 bits per heavy atom. The third kappa shape index (κ3) is 2.39. The number of carbonyl (C=O) groups excluding carboxylic acids is 2. The van der Waals surface area contributed by atoms with Crippen LogP contribution in [0, 0.1) is 13.8 Å². The van der Waals surface area contributed by atoms with E-state index in [0.29, 0.717) is 16.8 Å². The number of anilines is 2. The van der Waals surface area contributed by atoms with E-state index >= 15 is 0 Å². The summed E-state index contributed by atoms with van der Waals surface area (Å²) in [6, 6.07) is 15.7. The van der Waals surface area contributed by atoms with Crippen molar-refractivity contribution < 1.29 is 14.7 Å². The predicted octanol–water partition coefficient (Wildman–Crippen LogP) is 4.53. The van der Waals surface area contributed by atoms with Crippen molar-refractivity contribution in [3.63, 3.8) is 0 Å². The Bertz CT molecular complexity index is 1080. The molecule has 0 spiro atoms. The predicted molar refractivity (Wildman–Crippen MR) is 101 cm³/mol. The SMILES string of the molecule is Cc1ccc(Nc2ccc(O)c3c2C(=O)c2ccccc2C3=O)cc1C. The highest BCUT2D eigenvalue weighted by Crippen LogP contribution is 2.38. The largest absolute Gasteiger partial charge is 0.507 e. The Morgan fingerprint density at radius 3 is 2.08 bits per heavy atom. The normalized spacial score (nSPS) is 12.5. The number of nitrogens with one attached hydrogen (secondary N) is 1. The molecule has 3 aromatic rings. The molecule has 0 fully saturated rings. The maximum atomic E-state index is 13.0. The van der Waals surface area contributed by atoms with Crippen molar-refractivity contribution in [1.82, 2.24) is 0 Å². The summed E-state index contributed by atoms with van der Waals surface area (Å²) in [4.78, 5) is 25.9. The van der Waals surface area contributed by atoms with Gasteiger partial charge in [-0.3, -0.25) is 9.59 Å². The molecule has 0 saturated heterocycles. The molecule has 0 atom stereocenters. The topological polar surface area (TPSA) is 66.4 Å². The van der Waals surface area contributed by atoms with E-state index in [0.717, 1.165) is 11.3 Å². The van der Waals surface area contributed by atoms with Crippen LogP contribution in [0.25, 0.3) is 0 Å². The number of rotatable bonds is 2. The minimum Gasteiger partial charge on any atom is -0.507 e. The molecule has 1 aliphatic carbocycles. The van der Waals surface area contributed by atoms with Crippen LogP contribution in [-0.2, 0) is 0 Å². The zero-order chi connectivity index (χ0) is 18.4. The lowest BCUT2D eigenvalue weighted by atomic mass is 9.82. The van der Waals surface area contributed by atoms with Gasteiger partial charge in [0.05, 0.1) is 16.8 Å². The zero-order valence-electron chi connectivity index (χ0n) is 14.5. The second-order valence-electron chi connectivity index (χ2n) is 6.51. The molecule has 0 radical (unpaired) electrons. The molecule has 0 saturated carbocycles. The molecule has 0 heterocycles. The Morgan fingerprint density at radius 2 is 1.42 bits per heavy atom. The fraction of sp³-hybridized carbons (Fsp3) is 0.0909. The van der Waals surface area contributed by atoms with Crippen LogP contribution in [0.4, 0.5) is 11.4 Å². The number of hydrogen-bond donors (Lipinski definition) is 2. The summed E-state index contributed by atoms with van der Waals surface area (Å²) in [6.07, 6.45) is 0. The number of benzene rings is 3. The van der Waals surface area contributed by atoms with E-state index in [9.17, 15) is 14.7 Å². The molecule has 128 valence electrons. The van der Waals surface area contributed by atoms with E-state index in [1.165, 1.54) is 11.6 Å². The highest BCUT2D eigenvalue weighted by molar-refractivity contribution is 6.31. The van der Waals surface area contributed by atoms with Crippen LogP contribution in [0.1, 0.15) is 43.0 Å². The molecule has 0 bridgehead atoms. The third-order valence-corrected chi connectivity index (χ3v) is 4.84. The van der Waals surface area contributed by atoms with E-state index in [2.05, 4.69) is 5.32 Å². The Labute approximate surface area is 151 Å². The maximum Gasteiger partial charge on any atom is 0.198 e. The number of phenols is 1. The van der Waals surface area contributed by atoms with Crippen LogP contribution in [0.15, 0.2) is 54.6 Å². The van der Waals surface area contributed by atoms with Crippen LogP contribution in [0.5, 0.6) is 5.75 Å². The first-order valence-corrected chi connectivity index (χ1v) is 8.36. The second kappa shape index (κ2) is 5.85. The molecule has 0 amide bonds.